The highest BCUT2D eigenvalue weighted by atomic mass is 16.3. The minimum absolute atomic E-state index is 0.0138. The molecular formula is C26H27N3O3. The lowest BCUT2D eigenvalue weighted by Crippen LogP contribution is -2.73. The van der Waals surface area contributed by atoms with E-state index < -0.39 is 0 Å². The molecule has 2 saturated heterocycles. The van der Waals surface area contributed by atoms with Crippen molar-refractivity contribution in [2.45, 2.75) is 43.7 Å². The second kappa shape index (κ2) is 8.76. The van der Waals surface area contributed by atoms with Crippen molar-refractivity contribution in [3.8, 4) is 11.8 Å². The average Bonchev–Trinajstić information content (AvgIpc) is 3.33. The monoisotopic (exact) mass is 429 g/mol. The summed E-state index contributed by atoms with van der Waals surface area (Å²) in [4.78, 5) is 33.1. The number of carbonyl (C=O) groups is 2. The summed E-state index contributed by atoms with van der Waals surface area (Å²) in [6.07, 6.45) is 6.53. The van der Waals surface area contributed by atoms with Gasteiger partial charge in [-0.3, -0.25) is 14.6 Å². The third-order valence-corrected chi connectivity index (χ3v) is 6.99. The largest absolute Gasteiger partial charge is 0.394 e. The molecule has 164 valence electrons. The van der Waals surface area contributed by atoms with Crippen molar-refractivity contribution in [3.05, 3.63) is 65.5 Å². The zero-order valence-electron chi connectivity index (χ0n) is 18.0. The maximum absolute atomic E-state index is 12.9. The van der Waals surface area contributed by atoms with Crippen LogP contribution in [0.3, 0.4) is 0 Å². The Morgan fingerprint density at radius 2 is 1.91 bits per heavy atom. The van der Waals surface area contributed by atoms with Gasteiger partial charge >= 0.3 is 0 Å². The average molecular weight is 430 g/mol. The molecule has 32 heavy (non-hydrogen) atoms. The Bertz CT molecular complexity index is 1050. The van der Waals surface area contributed by atoms with Crippen LogP contribution < -0.4 is 0 Å². The molecule has 0 unspecified atom stereocenters. The van der Waals surface area contributed by atoms with Crippen LogP contribution in [0.1, 0.15) is 53.2 Å². The number of aliphatic hydroxyl groups is 1. The van der Waals surface area contributed by atoms with Gasteiger partial charge in [0.05, 0.1) is 18.7 Å². The predicted octanol–water partition coefficient (Wildman–Crippen LogP) is 2.43. The van der Waals surface area contributed by atoms with Crippen LogP contribution in [0.2, 0.25) is 0 Å². The predicted molar refractivity (Wildman–Crippen MR) is 120 cm³/mol. The van der Waals surface area contributed by atoms with E-state index in [2.05, 4.69) is 16.8 Å². The molecule has 0 spiro atoms. The molecule has 6 heteroatoms. The maximum Gasteiger partial charge on any atom is 0.272 e. The van der Waals surface area contributed by atoms with Gasteiger partial charge in [-0.1, -0.05) is 42.9 Å². The van der Waals surface area contributed by atoms with Gasteiger partial charge in [0.1, 0.15) is 12.2 Å². The number of carbonyl (C=O) groups excluding carboxylic acids is 2. The van der Waals surface area contributed by atoms with Crippen LogP contribution in [0.4, 0.5) is 0 Å². The Balaban J connectivity index is 1.33. The van der Waals surface area contributed by atoms with E-state index in [4.69, 9.17) is 0 Å². The Morgan fingerprint density at radius 1 is 1.12 bits per heavy atom. The van der Waals surface area contributed by atoms with E-state index >= 15 is 0 Å². The van der Waals surface area contributed by atoms with E-state index in [0.29, 0.717) is 18.2 Å². The first kappa shape index (κ1) is 20.7. The molecule has 2 amide bonds. The minimum atomic E-state index is -0.255. The summed E-state index contributed by atoms with van der Waals surface area (Å²) >= 11 is 0. The third-order valence-electron chi connectivity index (χ3n) is 6.99. The highest BCUT2D eigenvalue weighted by Crippen LogP contribution is 2.43. The molecule has 1 aliphatic carbocycles. The molecule has 1 aromatic carbocycles. The summed E-state index contributed by atoms with van der Waals surface area (Å²) in [6.45, 7) is 0.362. The first-order valence-electron chi connectivity index (χ1n) is 11.4. The molecule has 3 atom stereocenters. The van der Waals surface area contributed by atoms with Crippen molar-refractivity contribution >= 4 is 11.8 Å². The summed E-state index contributed by atoms with van der Waals surface area (Å²) in [7, 11) is 0. The topological polar surface area (TPSA) is 73.7 Å². The number of nitrogens with zero attached hydrogens (tertiary/aromatic N) is 3. The Labute approximate surface area is 188 Å². The molecule has 1 saturated carbocycles. The van der Waals surface area contributed by atoms with E-state index in [1.54, 1.807) is 34.2 Å². The maximum atomic E-state index is 12.9. The van der Waals surface area contributed by atoms with Crippen molar-refractivity contribution in [1.29, 1.82) is 0 Å². The lowest BCUT2D eigenvalue weighted by Gasteiger charge is -2.58. The van der Waals surface area contributed by atoms with E-state index in [-0.39, 0.29) is 43.0 Å². The number of fused-ring (bicyclic) bond motifs is 1. The van der Waals surface area contributed by atoms with Crippen LogP contribution in [0.5, 0.6) is 0 Å². The van der Waals surface area contributed by atoms with Crippen LogP contribution in [-0.2, 0) is 4.79 Å². The summed E-state index contributed by atoms with van der Waals surface area (Å²) in [6, 6.07) is 12.9. The molecule has 0 radical (unpaired) electrons. The minimum Gasteiger partial charge on any atom is -0.394 e. The number of rotatable bonds is 3. The van der Waals surface area contributed by atoms with Crippen LogP contribution >= 0.6 is 0 Å². The zero-order valence-corrected chi connectivity index (χ0v) is 18.0. The molecule has 2 aromatic rings. The summed E-state index contributed by atoms with van der Waals surface area (Å²) in [5.41, 5.74) is 2.40. The molecule has 1 aromatic heterocycles. The summed E-state index contributed by atoms with van der Waals surface area (Å²) in [5.74, 6) is 6.83. The number of piperazine rings is 1. The molecule has 6 nitrogen and oxygen atoms in total. The fraction of sp³-hybridized carbons (Fsp3) is 0.423. The zero-order chi connectivity index (χ0) is 22.1. The number of amides is 2. The highest BCUT2D eigenvalue weighted by molar-refractivity contribution is 5.96. The SMILES string of the molecule is O=C(c1ccccn1)N1CC(=O)N2[C@H](CO)[C@@H](c3ccc(C#CC4CCCC4)cc3)[C@H]2C1. The van der Waals surface area contributed by atoms with Crippen molar-refractivity contribution in [1.82, 2.24) is 14.8 Å². The second-order valence-corrected chi connectivity index (χ2v) is 8.92. The van der Waals surface area contributed by atoms with Gasteiger partial charge in [0.25, 0.3) is 5.91 Å². The Hall–Kier alpha value is -3.17. The lowest BCUT2D eigenvalue weighted by molar-refractivity contribution is -0.159. The van der Waals surface area contributed by atoms with Crippen molar-refractivity contribution in [2.24, 2.45) is 5.92 Å². The standard InChI is InChI=1S/C26H27N3O3/c30-17-23-25(20-12-10-19(11-13-20)9-8-18-5-1-2-6-18)22-15-28(16-24(31)29(22)23)26(32)21-7-3-4-14-27-21/h3-4,7,10-14,18,22-23,25,30H,1-2,5-6,15-17H2/t22-,23-,25+/m1/s1. The van der Waals surface area contributed by atoms with Crippen LogP contribution in [0, 0.1) is 17.8 Å². The molecule has 1 N–H and O–H groups in total. The highest BCUT2D eigenvalue weighted by Gasteiger charge is 2.54. The summed E-state index contributed by atoms with van der Waals surface area (Å²) in [5, 5.41) is 9.98. The number of hydrogen-bond donors (Lipinski definition) is 1. The molecule has 0 bridgehead atoms. The van der Waals surface area contributed by atoms with Crippen LogP contribution in [0.15, 0.2) is 48.7 Å². The first-order valence-corrected chi connectivity index (χ1v) is 11.4. The van der Waals surface area contributed by atoms with Crippen molar-refractivity contribution in [2.75, 3.05) is 19.7 Å². The van der Waals surface area contributed by atoms with Gasteiger partial charge < -0.3 is 14.9 Å². The van der Waals surface area contributed by atoms with E-state index in [9.17, 15) is 14.7 Å². The molecule has 3 fully saturated rings. The van der Waals surface area contributed by atoms with E-state index in [0.717, 1.165) is 11.1 Å². The molecule has 3 heterocycles. The molecular weight excluding hydrogens is 402 g/mol. The normalized spacial score (nSPS) is 25.0. The van der Waals surface area contributed by atoms with Gasteiger partial charge in [-0.05, 0) is 42.7 Å². The first-order chi connectivity index (χ1) is 15.7. The van der Waals surface area contributed by atoms with Gasteiger partial charge in [-0.2, -0.15) is 0 Å². The second-order valence-electron chi connectivity index (χ2n) is 8.92. The quantitative estimate of drug-likeness (QED) is 0.761. The van der Waals surface area contributed by atoms with Gasteiger partial charge in [0.15, 0.2) is 0 Å². The Kier molecular flexibility index (Phi) is 5.67. The third kappa shape index (κ3) is 3.78. The number of pyridine rings is 1. The van der Waals surface area contributed by atoms with E-state index in [1.807, 2.05) is 24.3 Å². The van der Waals surface area contributed by atoms with Crippen LogP contribution in [0.25, 0.3) is 0 Å². The lowest BCUT2D eigenvalue weighted by atomic mass is 9.73. The fourth-order valence-corrected chi connectivity index (χ4v) is 5.35. The summed E-state index contributed by atoms with van der Waals surface area (Å²) < 4.78 is 0. The van der Waals surface area contributed by atoms with Crippen molar-refractivity contribution in [3.63, 3.8) is 0 Å². The number of aliphatic hydroxyl groups excluding tert-OH is 1. The number of benzene rings is 1. The molecule has 3 aliphatic rings. The van der Waals surface area contributed by atoms with Crippen molar-refractivity contribution < 1.29 is 14.7 Å². The van der Waals surface area contributed by atoms with E-state index in [1.165, 1.54) is 25.7 Å². The number of hydrogen-bond acceptors (Lipinski definition) is 4. The van der Waals surface area contributed by atoms with Gasteiger partial charge in [-0.15, -0.1) is 0 Å². The van der Waals surface area contributed by atoms with Gasteiger partial charge in [0.2, 0.25) is 5.91 Å². The fourth-order valence-electron chi connectivity index (χ4n) is 5.35. The van der Waals surface area contributed by atoms with Gasteiger partial charge in [0, 0.05) is 30.1 Å². The Morgan fingerprint density at radius 3 is 2.59 bits per heavy atom. The van der Waals surface area contributed by atoms with Gasteiger partial charge in [-0.25, -0.2) is 0 Å². The van der Waals surface area contributed by atoms with Crippen LogP contribution in [-0.4, -0.2) is 63.5 Å². The smallest absolute Gasteiger partial charge is 0.272 e. The number of aromatic nitrogens is 1. The molecule has 2 aliphatic heterocycles. The molecule has 5 rings (SSSR count).